The van der Waals surface area contributed by atoms with Gasteiger partial charge in [0.25, 0.3) is 5.91 Å². The molecule has 3 atom stereocenters. The molecule has 2 heterocycles. The Kier molecular flexibility index (Phi) is 8.06. The minimum absolute atomic E-state index is 0.0571. The van der Waals surface area contributed by atoms with Crippen LogP contribution in [-0.2, 0) is 4.79 Å². The number of carbonyl (C=O) groups excluding carboxylic acids is 2. The molecule has 188 valence electrons. The minimum atomic E-state index is -0.349. The molecule has 2 aliphatic rings. The number of hydrogen-bond acceptors (Lipinski definition) is 5. The highest BCUT2D eigenvalue weighted by Gasteiger charge is 2.35. The molecule has 7 heteroatoms. The highest BCUT2D eigenvalue weighted by Crippen LogP contribution is 2.31. The molecule has 7 nitrogen and oxygen atoms in total. The summed E-state index contributed by atoms with van der Waals surface area (Å²) in [6.45, 7) is 4.58. The van der Waals surface area contributed by atoms with Gasteiger partial charge < -0.3 is 19.6 Å². The Bertz CT molecular complexity index is 1020. The number of hydrogen-bond donors (Lipinski definition) is 1. The third-order valence-corrected chi connectivity index (χ3v) is 7.41. The summed E-state index contributed by atoms with van der Waals surface area (Å²) in [7, 11) is 1.85. The zero-order chi connectivity index (χ0) is 24.9. The second-order valence-corrected chi connectivity index (χ2v) is 10.1. The van der Waals surface area contributed by atoms with E-state index in [1.165, 1.54) is 6.42 Å². The van der Waals surface area contributed by atoms with Crippen LogP contribution in [0.4, 0.5) is 0 Å². The average Bonchev–Trinajstić information content (AvgIpc) is 2.90. The Morgan fingerprint density at radius 3 is 2.60 bits per heavy atom. The number of fused-ring (bicyclic) bond motifs is 1. The summed E-state index contributed by atoms with van der Waals surface area (Å²) in [5.74, 6) is 0.276. The first-order valence-electron chi connectivity index (χ1n) is 12.8. The number of aromatic nitrogens is 1. The van der Waals surface area contributed by atoms with Gasteiger partial charge in [0, 0.05) is 37.2 Å². The van der Waals surface area contributed by atoms with Crippen LogP contribution in [0.25, 0.3) is 11.1 Å². The van der Waals surface area contributed by atoms with Gasteiger partial charge in [0.2, 0.25) is 11.8 Å². The molecule has 1 fully saturated rings. The van der Waals surface area contributed by atoms with E-state index in [4.69, 9.17) is 4.74 Å². The lowest BCUT2D eigenvalue weighted by Gasteiger charge is -2.38. The molecule has 0 unspecified atom stereocenters. The maximum atomic E-state index is 13.6. The zero-order valence-electron chi connectivity index (χ0n) is 21.0. The van der Waals surface area contributed by atoms with Crippen LogP contribution in [0.1, 0.15) is 56.3 Å². The Balaban J connectivity index is 1.64. The van der Waals surface area contributed by atoms with E-state index < -0.39 is 0 Å². The molecule has 0 bridgehead atoms. The van der Waals surface area contributed by atoms with Gasteiger partial charge in [0.05, 0.1) is 19.2 Å². The normalized spacial score (nSPS) is 21.9. The molecule has 1 N–H and O–H groups in total. The number of benzene rings is 1. The summed E-state index contributed by atoms with van der Waals surface area (Å²) in [6, 6.07) is 11.3. The van der Waals surface area contributed by atoms with E-state index in [1.807, 2.05) is 57.3 Å². The average molecular weight is 480 g/mol. The Morgan fingerprint density at radius 1 is 1.20 bits per heavy atom. The maximum Gasteiger partial charge on any atom is 0.259 e. The van der Waals surface area contributed by atoms with E-state index in [1.54, 1.807) is 16.0 Å². The van der Waals surface area contributed by atoms with Crippen LogP contribution in [0, 0.1) is 11.8 Å². The molecule has 1 saturated carbocycles. The topological polar surface area (TPSA) is 83.0 Å². The van der Waals surface area contributed by atoms with Crippen LogP contribution in [0.15, 0.2) is 42.6 Å². The molecule has 1 aromatic heterocycles. The van der Waals surface area contributed by atoms with Gasteiger partial charge in [0.15, 0.2) is 0 Å². The largest absolute Gasteiger partial charge is 0.472 e. The second kappa shape index (κ2) is 11.2. The second-order valence-electron chi connectivity index (χ2n) is 10.1. The summed E-state index contributed by atoms with van der Waals surface area (Å²) in [5, 5.41) is 9.87. The van der Waals surface area contributed by atoms with Gasteiger partial charge in [-0.25, -0.2) is 4.98 Å². The van der Waals surface area contributed by atoms with E-state index >= 15 is 0 Å². The SMILES string of the molecule is C[C@@H]1CN([C@H](C)CO)C(=O)c2cc(-c3ccccc3)cnc2O[C@@H]1CN(C)C(=O)C1CCCCC1. The van der Waals surface area contributed by atoms with Crippen LogP contribution < -0.4 is 4.74 Å². The number of nitrogens with zero attached hydrogens (tertiary/aromatic N) is 3. The number of pyridine rings is 1. The molecule has 1 aliphatic heterocycles. The van der Waals surface area contributed by atoms with E-state index in [0.29, 0.717) is 18.7 Å². The fraction of sp³-hybridized carbons (Fsp3) is 0.536. The molecule has 1 aliphatic carbocycles. The van der Waals surface area contributed by atoms with Crippen LogP contribution >= 0.6 is 0 Å². The first kappa shape index (κ1) is 25.2. The Morgan fingerprint density at radius 2 is 1.91 bits per heavy atom. The first-order valence-corrected chi connectivity index (χ1v) is 12.8. The van der Waals surface area contributed by atoms with Gasteiger partial charge in [-0.1, -0.05) is 56.5 Å². The third-order valence-electron chi connectivity index (χ3n) is 7.41. The Hall–Kier alpha value is -2.93. The molecule has 2 amide bonds. The Labute approximate surface area is 208 Å². The quantitative estimate of drug-likeness (QED) is 0.677. The summed E-state index contributed by atoms with van der Waals surface area (Å²) >= 11 is 0. The van der Waals surface area contributed by atoms with Crippen molar-refractivity contribution < 1.29 is 19.4 Å². The summed E-state index contributed by atoms with van der Waals surface area (Å²) in [6.07, 6.45) is 6.72. The zero-order valence-corrected chi connectivity index (χ0v) is 21.0. The minimum Gasteiger partial charge on any atom is -0.472 e. The monoisotopic (exact) mass is 479 g/mol. The summed E-state index contributed by atoms with van der Waals surface area (Å²) < 4.78 is 6.37. The van der Waals surface area contributed by atoms with Gasteiger partial charge in [-0.05, 0) is 31.4 Å². The van der Waals surface area contributed by atoms with E-state index in [0.717, 1.165) is 36.8 Å². The number of carbonyl (C=O) groups is 2. The van der Waals surface area contributed by atoms with Crippen molar-refractivity contribution in [3.8, 4) is 17.0 Å². The summed E-state index contributed by atoms with van der Waals surface area (Å²) in [5.41, 5.74) is 2.17. The van der Waals surface area contributed by atoms with E-state index in [2.05, 4.69) is 4.98 Å². The molecule has 2 aromatic rings. The molecule has 0 saturated heterocycles. The maximum absolute atomic E-state index is 13.6. The van der Waals surface area contributed by atoms with Crippen LogP contribution in [0.3, 0.4) is 0 Å². The number of aliphatic hydroxyl groups is 1. The van der Waals surface area contributed by atoms with Gasteiger partial charge in [-0.15, -0.1) is 0 Å². The van der Waals surface area contributed by atoms with Crippen molar-refractivity contribution in [1.29, 1.82) is 0 Å². The van der Waals surface area contributed by atoms with Crippen molar-refractivity contribution >= 4 is 11.8 Å². The molecular formula is C28H37N3O4. The molecule has 35 heavy (non-hydrogen) atoms. The number of rotatable bonds is 6. The van der Waals surface area contributed by atoms with E-state index in [-0.39, 0.29) is 48.3 Å². The van der Waals surface area contributed by atoms with Gasteiger partial charge in [-0.3, -0.25) is 9.59 Å². The van der Waals surface area contributed by atoms with Crippen molar-refractivity contribution in [3.63, 3.8) is 0 Å². The van der Waals surface area contributed by atoms with Crippen LogP contribution in [0.2, 0.25) is 0 Å². The third kappa shape index (κ3) is 5.67. The van der Waals surface area contributed by atoms with Gasteiger partial charge in [0.1, 0.15) is 11.7 Å². The van der Waals surface area contributed by atoms with Crippen molar-refractivity contribution in [2.24, 2.45) is 11.8 Å². The number of amides is 2. The molecular weight excluding hydrogens is 442 g/mol. The highest BCUT2D eigenvalue weighted by molar-refractivity contribution is 5.98. The number of likely N-dealkylation sites (N-methyl/N-ethyl adjacent to an activating group) is 1. The molecule has 4 rings (SSSR count). The predicted molar refractivity (Wildman–Crippen MR) is 135 cm³/mol. The van der Waals surface area contributed by atoms with Crippen molar-refractivity contribution in [3.05, 3.63) is 48.2 Å². The fourth-order valence-corrected chi connectivity index (χ4v) is 5.13. The summed E-state index contributed by atoms with van der Waals surface area (Å²) in [4.78, 5) is 34.8. The van der Waals surface area contributed by atoms with Gasteiger partial charge in [-0.2, -0.15) is 0 Å². The number of aliphatic hydroxyl groups excluding tert-OH is 1. The lowest BCUT2D eigenvalue weighted by Crippen LogP contribution is -2.51. The van der Waals surface area contributed by atoms with Crippen molar-refractivity contribution in [1.82, 2.24) is 14.8 Å². The van der Waals surface area contributed by atoms with Crippen molar-refractivity contribution in [2.45, 2.75) is 58.1 Å². The lowest BCUT2D eigenvalue weighted by atomic mass is 9.88. The standard InChI is InChI=1S/C28H37N3O4/c1-19-16-31(20(2)18-32)28(34)24-14-23(21-10-6-4-7-11-21)15-29-26(24)35-25(19)17-30(3)27(33)22-12-8-5-9-13-22/h4,6-7,10-11,14-15,19-20,22,25,32H,5,8-9,12-13,16-18H2,1-3H3/t19-,20-,25-/m1/s1. The smallest absolute Gasteiger partial charge is 0.259 e. The molecule has 0 spiro atoms. The first-order chi connectivity index (χ1) is 16.9. The highest BCUT2D eigenvalue weighted by atomic mass is 16.5. The molecule has 0 radical (unpaired) electrons. The van der Waals surface area contributed by atoms with Gasteiger partial charge >= 0.3 is 0 Å². The lowest BCUT2D eigenvalue weighted by molar-refractivity contribution is -0.136. The van der Waals surface area contributed by atoms with Crippen molar-refractivity contribution in [2.75, 3.05) is 26.7 Å². The molecule has 1 aromatic carbocycles. The van der Waals surface area contributed by atoms with Crippen LogP contribution in [0.5, 0.6) is 5.88 Å². The fourth-order valence-electron chi connectivity index (χ4n) is 5.13. The number of ether oxygens (including phenoxy) is 1. The van der Waals surface area contributed by atoms with E-state index in [9.17, 15) is 14.7 Å². The predicted octanol–water partition coefficient (Wildman–Crippen LogP) is 4.01. The van der Waals surface area contributed by atoms with Crippen LogP contribution in [-0.4, -0.2) is 70.6 Å².